The van der Waals surface area contributed by atoms with E-state index in [1.54, 1.807) is 7.11 Å². The van der Waals surface area contributed by atoms with Crippen LogP contribution < -0.4 is 0 Å². The van der Waals surface area contributed by atoms with E-state index in [4.69, 9.17) is 16.3 Å². The molecule has 1 rings (SSSR count). The van der Waals surface area contributed by atoms with E-state index in [1.165, 1.54) is 6.42 Å². The molecule has 0 spiro atoms. The van der Waals surface area contributed by atoms with Crippen molar-refractivity contribution in [3.05, 3.63) is 0 Å². The fraction of sp³-hybridized carbons (Fsp3) is 0.909. The third-order valence-corrected chi connectivity index (χ3v) is 3.39. The average molecular weight is 234 g/mol. The third kappa shape index (κ3) is 3.35. The fourth-order valence-electron chi connectivity index (χ4n) is 2.01. The van der Waals surface area contributed by atoms with Gasteiger partial charge in [0, 0.05) is 13.7 Å². The lowest BCUT2D eigenvalue weighted by Gasteiger charge is -2.36. The number of piperidine rings is 1. The predicted octanol–water partition coefficient (Wildman–Crippen LogP) is 2.03. The third-order valence-electron chi connectivity index (χ3n) is 2.90. The first-order chi connectivity index (χ1) is 7.20. The summed E-state index contributed by atoms with van der Waals surface area (Å²) in [5.74, 6) is 0.0703. The molecule has 0 aliphatic carbocycles. The van der Waals surface area contributed by atoms with E-state index in [1.807, 2.05) is 11.8 Å². The molecule has 1 heterocycles. The minimum atomic E-state index is -0.373. The summed E-state index contributed by atoms with van der Waals surface area (Å²) >= 11 is 5.98. The Kier molecular flexibility index (Phi) is 5.40. The SMILES string of the molecule is CC[C@@H](Cl)C(=O)N1CCCC[C@H]1COC. The molecule has 0 saturated carbocycles. The van der Waals surface area contributed by atoms with Crippen molar-refractivity contribution < 1.29 is 9.53 Å². The van der Waals surface area contributed by atoms with Gasteiger partial charge in [-0.15, -0.1) is 11.6 Å². The van der Waals surface area contributed by atoms with Gasteiger partial charge in [-0.3, -0.25) is 4.79 Å². The number of amides is 1. The number of alkyl halides is 1. The van der Waals surface area contributed by atoms with Gasteiger partial charge in [0.15, 0.2) is 0 Å². The lowest BCUT2D eigenvalue weighted by atomic mass is 10.0. The van der Waals surface area contributed by atoms with Crippen molar-refractivity contribution in [1.82, 2.24) is 4.90 Å². The van der Waals surface area contributed by atoms with Crippen LogP contribution in [0, 0.1) is 0 Å². The summed E-state index contributed by atoms with van der Waals surface area (Å²) in [6, 6.07) is 0.226. The van der Waals surface area contributed by atoms with Gasteiger partial charge in [-0.1, -0.05) is 6.92 Å². The van der Waals surface area contributed by atoms with E-state index in [9.17, 15) is 4.79 Å². The van der Waals surface area contributed by atoms with E-state index in [2.05, 4.69) is 0 Å². The first-order valence-corrected chi connectivity index (χ1v) is 6.07. The van der Waals surface area contributed by atoms with Crippen LogP contribution in [0.1, 0.15) is 32.6 Å². The van der Waals surface area contributed by atoms with Gasteiger partial charge in [0.05, 0.1) is 12.6 Å². The first-order valence-electron chi connectivity index (χ1n) is 5.64. The van der Waals surface area contributed by atoms with Gasteiger partial charge in [-0.25, -0.2) is 0 Å². The molecule has 88 valence electrons. The molecule has 15 heavy (non-hydrogen) atoms. The van der Waals surface area contributed by atoms with Crippen molar-refractivity contribution in [2.45, 2.75) is 44.0 Å². The van der Waals surface area contributed by atoms with Gasteiger partial charge in [-0.2, -0.15) is 0 Å². The van der Waals surface area contributed by atoms with Crippen LogP contribution in [0.4, 0.5) is 0 Å². The molecule has 3 nitrogen and oxygen atoms in total. The molecular weight excluding hydrogens is 214 g/mol. The Balaban J connectivity index is 2.58. The van der Waals surface area contributed by atoms with Gasteiger partial charge in [0.25, 0.3) is 0 Å². The molecule has 1 aliphatic heterocycles. The van der Waals surface area contributed by atoms with Crippen LogP contribution in [0.2, 0.25) is 0 Å². The number of methoxy groups -OCH3 is 1. The Hall–Kier alpha value is -0.280. The molecule has 0 N–H and O–H groups in total. The van der Waals surface area contributed by atoms with Crippen molar-refractivity contribution >= 4 is 17.5 Å². The maximum atomic E-state index is 12.0. The smallest absolute Gasteiger partial charge is 0.240 e. The number of hydrogen-bond donors (Lipinski definition) is 0. The highest BCUT2D eigenvalue weighted by atomic mass is 35.5. The number of nitrogens with zero attached hydrogens (tertiary/aromatic N) is 1. The quantitative estimate of drug-likeness (QED) is 0.696. The summed E-state index contributed by atoms with van der Waals surface area (Å²) in [5.41, 5.74) is 0. The molecule has 0 aromatic heterocycles. The second-order valence-corrected chi connectivity index (χ2v) is 4.54. The molecule has 1 amide bonds. The Morgan fingerprint density at radius 1 is 1.60 bits per heavy atom. The maximum absolute atomic E-state index is 12.0. The highest BCUT2D eigenvalue weighted by Gasteiger charge is 2.29. The van der Waals surface area contributed by atoms with E-state index in [0.717, 1.165) is 19.4 Å². The average Bonchev–Trinajstić information content (AvgIpc) is 2.28. The van der Waals surface area contributed by atoms with Gasteiger partial charge >= 0.3 is 0 Å². The monoisotopic (exact) mass is 233 g/mol. The second-order valence-electron chi connectivity index (χ2n) is 4.01. The number of likely N-dealkylation sites (tertiary alicyclic amines) is 1. The highest BCUT2D eigenvalue weighted by Crippen LogP contribution is 2.20. The summed E-state index contributed by atoms with van der Waals surface area (Å²) in [7, 11) is 1.68. The standard InChI is InChI=1S/C11H20ClNO2/c1-3-10(12)11(14)13-7-5-4-6-9(13)8-15-2/h9-10H,3-8H2,1-2H3/t9-,10+/m0/s1. The van der Waals surface area contributed by atoms with Crippen molar-refractivity contribution in [1.29, 1.82) is 0 Å². The van der Waals surface area contributed by atoms with Crippen LogP contribution in [0.25, 0.3) is 0 Å². The minimum Gasteiger partial charge on any atom is -0.383 e. The molecule has 0 aromatic carbocycles. The molecular formula is C11H20ClNO2. The zero-order chi connectivity index (χ0) is 11.3. The molecule has 1 saturated heterocycles. The predicted molar refractivity (Wildman–Crippen MR) is 61.2 cm³/mol. The normalized spacial score (nSPS) is 23.9. The molecule has 0 radical (unpaired) electrons. The number of hydrogen-bond acceptors (Lipinski definition) is 2. The van der Waals surface area contributed by atoms with Crippen LogP contribution in [0.15, 0.2) is 0 Å². The number of halogens is 1. The molecule has 4 heteroatoms. The molecule has 0 unspecified atom stereocenters. The van der Waals surface area contributed by atoms with Gasteiger partial charge in [0.1, 0.15) is 5.38 Å². The Bertz CT molecular complexity index is 209. The Morgan fingerprint density at radius 2 is 2.33 bits per heavy atom. The zero-order valence-electron chi connectivity index (χ0n) is 9.54. The summed E-state index contributed by atoms with van der Waals surface area (Å²) in [4.78, 5) is 13.8. The van der Waals surface area contributed by atoms with Crippen LogP contribution in [0.5, 0.6) is 0 Å². The fourth-order valence-corrected chi connectivity index (χ4v) is 2.14. The molecule has 1 aliphatic rings. The second kappa shape index (κ2) is 6.33. The number of carbonyl (C=O) groups excluding carboxylic acids is 1. The number of rotatable bonds is 4. The molecule has 0 bridgehead atoms. The van der Waals surface area contributed by atoms with E-state index in [0.29, 0.717) is 13.0 Å². The number of carbonyl (C=O) groups is 1. The lowest BCUT2D eigenvalue weighted by Crippen LogP contribution is -2.48. The topological polar surface area (TPSA) is 29.5 Å². The summed E-state index contributed by atoms with van der Waals surface area (Å²) < 4.78 is 5.14. The molecule has 0 aromatic rings. The van der Waals surface area contributed by atoms with Crippen LogP contribution in [-0.2, 0) is 9.53 Å². The zero-order valence-corrected chi connectivity index (χ0v) is 10.3. The maximum Gasteiger partial charge on any atom is 0.240 e. The molecule has 2 atom stereocenters. The van der Waals surface area contributed by atoms with Crippen molar-refractivity contribution in [2.24, 2.45) is 0 Å². The van der Waals surface area contributed by atoms with Crippen LogP contribution in [0.3, 0.4) is 0 Å². The highest BCUT2D eigenvalue weighted by molar-refractivity contribution is 6.30. The van der Waals surface area contributed by atoms with E-state index < -0.39 is 0 Å². The Morgan fingerprint density at radius 3 is 2.93 bits per heavy atom. The van der Waals surface area contributed by atoms with Crippen molar-refractivity contribution in [3.8, 4) is 0 Å². The molecule has 1 fully saturated rings. The van der Waals surface area contributed by atoms with Gasteiger partial charge in [0.2, 0.25) is 5.91 Å². The number of ether oxygens (including phenoxy) is 1. The van der Waals surface area contributed by atoms with E-state index in [-0.39, 0.29) is 17.3 Å². The van der Waals surface area contributed by atoms with Crippen molar-refractivity contribution in [2.75, 3.05) is 20.3 Å². The summed E-state index contributed by atoms with van der Waals surface area (Å²) in [6.07, 6.45) is 3.99. The van der Waals surface area contributed by atoms with Gasteiger partial charge < -0.3 is 9.64 Å². The van der Waals surface area contributed by atoms with Crippen LogP contribution >= 0.6 is 11.6 Å². The first kappa shape index (κ1) is 12.8. The minimum absolute atomic E-state index is 0.0703. The van der Waals surface area contributed by atoms with E-state index >= 15 is 0 Å². The summed E-state index contributed by atoms with van der Waals surface area (Å²) in [5, 5.41) is -0.373. The largest absolute Gasteiger partial charge is 0.383 e. The Labute approximate surface area is 96.7 Å². The van der Waals surface area contributed by atoms with Crippen molar-refractivity contribution in [3.63, 3.8) is 0 Å². The summed E-state index contributed by atoms with van der Waals surface area (Å²) in [6.45, 7) is 3.39. The van der Waals surface area contributed by atoms with Gasteiger partial charge in [-0.05, 0) is 25.7 Å². The van der Waals surface area contributed by atoms with Crippen LogP contribution in [-0.4, -0.2) is 42.5 Å². The lowest BCUT2D eigenvalue weighted by molar-refractivity contribution is -0.135.